The summed E-state index contributed by atoms with van der Waals surface area (Å²) >= 11 is 0. The molecule has 1 aromatic carbocycles. The highest BCUT2D eigenvalue weighted by Crippen LogP contribution is 2.28. The maximum atomic E-state index is 9.43. The second kappa shape index (κ2) is 5.53. The number of aliphatic hydroxyl groups excluding tert-OH is 1. The Labute approximate surface area is 91.2 Å². The Bertz CT molecular complexity index is 328. The Kier molecular flexibility index (Phi) is 4.33. The van der Waals surface area contributed by atoms with E-state index in [9.17, 15) is 10.4 Å². The number of nitrogens with zero attached hydrogens (tertiary/aromatic N) is 1. The van der Waals surface area contributed by atoms with Crippen LogP contribution < -0.4 is 0 Å². The molecule has 2 nitrogen and oxygen atoms in total. The average Bonchev–Trinajstić information content (AvgIpc) is 2.33. The van der Waals surface area contributed by atoms with Crippen LogP contribution in [0.3, 0.4) is 0 Å². The molecule has 1 atom stereocenters. The number of unbranched alkanes of at least 4 members (excludes halogenated alkanes) is 1. The number of nitriles is 1. The molecule has 0 aliphatic carbocycles. The third kappa shape index (κ3) is 2.57. The second-order valence-electron chi connectivity index (χ2n) is 3.82. The zero-order valence-corrected chi connectivity index (χ0v) is 9.11. The van der Waals surface area contributed by atoms with Crippen molar-refractivity contribution in [3.8, 4) is 6.07 Å². The molecule has 0 radical (unpaired) electrons. The molecule has 0 saturated heterocycles. The molecular weight excluding hydrogens is 186 g/mol. The number of hydrogen-bond acceptors (Lipinski definition) is 2. The molecule has 1 unspecified atom stereocenters. The summed E-state index contributed by atoms with van der Waals surface area (Å²) in [6, 6.07) is 11.8. The van der Waals surface area contributed by atoms with Gasteiger partial charge < -0.3 is 5.11 Å². The topological polar surface area (TPSA) is 44.0 Å². The van der Waals surface area contributed by atoms with Crippen molar-refractivity contribution in [3.05, 3.63) is 35.9 Å². The Morgan fingerprint density at radius 2 is 2.00 bits per heavy atom. The first-order valence-electron chi connectivity index (χ1n) is 5.36. The zero-order chi connectivity index (χ0) is 11.1. The fraction of sp³-hybridized carbons (Fsp3) is 0.462. The quantitative estimate of drug-likeness (QED) is 0.799. The number of rotatable bonds is 5. The van der Waals surface area contributed by atoms with E-state index in [1.165, 1.54) is 0 Å². The Morgan fingerprint density at radius 3 is 2.47 bits per heavy atom. The predicted molar refractivity (Wildman–Crippen MR) is 60.3 cm³/mol. The van der Waals surface area contributed by atoms with Gasteiger partial charge in [-0.05, 0) is 12.0 Å². The standard InChI is InChI=1S/C13H17NO/c1-2-3-9-13(10-14,11-15)12-7-5-4-6-8-12/h4-8,15H,2-3,9,11H2,1H3. The molecule has 0 aromatic heterocycles. The highest BCUT2D eigenvalue weighted by molar-refractivity contribution is 5.32. The van der Waals surface area contributed by atoms with Gasteiger partial charge in [0.2, 0.25) is 0 Å². The van der Waals surface area contributed by atoms with Gasteiger partial charge in [0, 0.05) is 0 Å². The molecule has 0 heterocycles. The Hall–Kier alpha value is -1.33. The highest BCUT2D eigenvalue weighted by atomic mass is 16.3. The van der Waals surface area contributed by atoms with E-state index in [0.29, 0.717) is 0 Å². The van der Waals surface area contributed by atoms with E-state index in [1.807, 2.05) is 30.3 Å². The van der Waals surface area contributed by atoms with Gasteiger partial charge in [0.25, 0.3) is 0 Å². The smallest absolute Gasteiger partial charge is 0.105 e. The number of benzene rings is 1. The lowest BCUT2D eigenvalue weighted by Crippen LogP contribution is -2.28. The average molecular weight is 203 g/mol. The van der Waals surface area contributed by atoms with E-state index in [2.05, 4.69) is 13.0 Å². The molecule has 80 valence electrons. The molecule has 0 aliphatic heterocycles. The van der Waals surface area contributed by atoms with Gasteiger partial charge in [-0.15, -0.1) is 0 Å². The molecule has 0 saturated carbocycles. The molecule has 0 spiro atoms. The van der Waals surface area contributed by atoms with Gasteiger partial charge in [-0.1, -0.05) is 50.1 Å². The van der Waals surface area contributed by atoms with Crippen molar-refractivity contribution in [1.29, 1.82) is 5.26 Å². The lowest BCUT2D eigenvalue weighted by atomic mass is 9.78. The van der Waals surface area contributed by atoms with Crippen molar-refractivity contribution in [3.63, 3.8) is 0 Å². The van der Waals surface area contributed by atoms with Gasteiger partial charge in [0.1, 0.15) is 5.41 Å². The monoisotopic (exact) mass is 203 g/mol. The van der Waals surface area contributed by atoms with E-state index in [0.717, 1.165) is 24.8 Å². The zero-order valence-electron chi connectivity index (χ0n) is 9.11. The minimum Gasteiger partial charge on any atom is -0.394 e. The largest absolute Gasteiger partial charge is 0.394 e. The van der Waals surface area contributed by atoms with Crippen LogP contribution >= 0.6 is 0 Å². The van der Waals surface area contributed by atoms with Gasteiger partial charge in [-0.3, -0.25) is 0 Å². The first-order chi connectivity index (χ1) is 7.29. The van der Waals surface area contributed by atoms with Crippen LogP contribution in [-0.4, -0.2) is 11.7 Å². The number of aliphatic hydroxyl groups is 1. The van der Waals surface area contributed by atoms with Crippen LogP contribution in [0.25, 0.3) is 0 Å². The first-order valence-corrected chi connectivity index (χ1v) is 5.36. The highest BCUT2D eigenvalue weighted by Gasteiger charge is 2.30. The van der Waals surface area contributed by atoms with Gasteiger partial charge in [0.05, 0.1) is 12.7 Å². The summed E-state index contributed by atoms with van der Waals surface area (Å²) in [5.41, 5.74) is 0.209. The molecule has 1 rings (SSSR count). The van der Waals surface area contributed by atoms with Crippen LogP contribution in [0.5, 0.6) is 0 Å². The lowest BCUT2D eigenvalue weighted by Gasteiger charge is -2.24. The molecule has 0 amide bonds. The molecule has 15 heavy (non-hydrogen) atoms. The van der Waals surface area contributed by atoms with Crippen LogP contribution in [-0.2, 0) is 5.41 Å². The Morgan fingerprint density at radius 1 is 1.33 bits per heavy atom. The summed E-state index contributed by atoms with van der Waals surface area (Å²) in [5.74, 6) is 0. The minimum absolute atomic E-state index is 0.104. The fourth-order valence-corrected chi connectivity index (χ4v) is 1.71. The van der Waals surface area contributed by atoms with Crippen LogP contribution in [0.15, 0.2) is 30.3 Å². The van der Waals surface area contributed by atoms with Crippen LogP contribution in [0, 0.1) is 11.3 Å². The predicted octanol–water partition coefficient (Wildman–Crippen LogP) is 2.63. The van der Waals surface area contributed by atoms with Gasteiger partial charge in [0.15, 0.2) is 0 Å². The third-order valence-corrected chi connectivity index (χ3v) is 2.77. The van der Waals surface area contributed by atoms with E-state index < -0.39 is 5.41 Å². The van der Waals surface area contributed by atoms with Crippen molar-refractivity contribution in [2.45, 2.75) is 31.6 Å². The summed E-state index contributed by atoms with van der Waals surface area (Å²) in [7, 11) is 0. The summed E-state index contributed by atoms with van der Waals surface area (Å²) in [6.07, 6.45) is 2.72. The van der Waals surface area contributed by atoms with E-state index >= 15 is 0 Å². The molecule has 0 aliphatic rings. The molecule has 0 fully saturated rings. The molecule has 1 N–H and O–H groups in total. The van der Waals surface area contributed by atoms with E-state index in [-0.39, 0.29) is 6.61 Å². The SMILES string of the molecule is CCCCC(C#N)(CO)c1ccccc1. The van der Waals surface area contributed by atoms with Crippen molar-refractivity contribution in [2.75, 3.05) is 6.61 Å². The number of hydrogen-bond donors (Lipinski definition) is 1. The van der Waals surface area contributed by atoms with Gasteiger partial charge in [-0.2, -0.15) is 5.26 Å². The lowest BCUT2D eigenvalue weighted by molar-refractivity contribution is 0.219. The maximum absolute atomic E-state index is 9.43. The van der Waals surface area contributed by atoms with E-state index in [1.54, 1.807) is 0 Å². The summed E-state index contributed by atoms with van der Waals surface area (Å²) < 4.78 is 0. The van der Waals surface area contributed by atoms with Crippen molar-refractivity contribution >= 4 is 0 Å². The molecule has 2 heteroatoms. The van der Waals surface area contributed by atoms with Gasteiger partial charge in [-0.25, -0.2) is 0 Å². The van der Waals surface area contributed by atoms with Crippen molar-refractivity contribution < 1.29 is 5.11 Å². The van der Waals surface area contributed by atoms with Crippen molar-refractivity contribution in [1.82, 2.24) is 0 Å². The third-order valence-electron chi connectivity index (χ3n) is 2.77. The minimum atomic E-state index is -0.711. The van der Waals surface area contributed by atoms with Crippen molar-refractivity contribution in [2.24, 2.45) is 0 Å². The molecule has 1 aromatic rings. The van der Waals surface area contributed by atoms with Crippen LogP contribution in [0.4, 0.5) is 0 Å². The Balaban J connectivity index is 2.96. The summed E-state index contributed by atoms with van der Waals surface area (Å²) in [6.45, 7) is 1.98. The first kappa shape index (κ1) is 11.7. The molecule has 0 bridgehead atoms. The van der Waals surface area contributed by atoms with Crippen LogP contribution in [0.2, 0.25) is 0 Å². The normalized spacial score (nSPS) is 14.2. The van der Waals surface area contributed by atoms with E-state index in [4.69, 9.17) is 0 Å². The van der Waals surface area contributed by atoms with Gasteiger partial charge >= 0.3 is 0 Å². The second-order valence-corrected chi connectivity index (χ2v) is 3.82. The summed E-state index contributed by atoms with van der Waals surface area (Å²) in [4.78, 5) is 0. The molecular formula is C13H17NO. The maximum Gasteiger partial charge on any atom is 0.105 e. The fourth-order valence-electron chi connectivity index (χ4n) is 1.71. The summed E-state index contributed by atoms with van der Waals surface area (Å²) in [5, 5.41) is 18.7. The van der Waals surface area contributed by atoms with Crippen LogP contribution in [0.1, 0.15) is 31.7 Å².